The van der Waals surface area contributed by atoms with Gasteiger partial charge in [0.15, 0.2) is 0 Å². The lowest BCUT2D eigenvalue weighted by atomic mass is 9.88. The van der Waals surface area contributed by atoms with Crippen molar-refractivity contribution in [3.8, 4) is 5.88 Å². The van der Waals surface area contributed by atoms with Crippen LogP contribution in [0.4, 0.5) is 0 Å². The van der Waals surface area contributed by atoms with Gasteiger partial charge in [0.25, 0.3) is 0 Å². The van der Waals surface area contributed by atoms with Crippen LogP contribution in [0.5, 0.6) is 5.88 Å². The maximum atomic E-state index is 11.5. The molecule has 1 atom stereocenters. The average Bonchev–Trinajstić information content (AvgIpc) is 2.42. The second-order valence-electron chi connectivity index (χ2n) is 5.13. The maximum Gasteiger partial charge on any atom is 0.323 e. The number of methoxy groups -OCH3 is 1. The van der Waals surface area contributed by atoms with Crippen LogP contribution in [0.3, 0.4) is 0 Å². The Kier molecular flexibility index (Phi) is 4.04. The lowest BCUT2D eigenvalue weighted by molar-refractivity contribution is -0.153. The van der Waals surface area contributed by atoms with Crippen molar-refractivity contribution < 1.29 is 14.6 Å². The Balaban J connectivity index is 2.22. The Morgan fingerprint density at radius 1 is 1.58 bits per heavy atom. The van der Waals surface area contributed by atoms with Gasteiger partial charge in [-0.15, -0.1) is 0 Å². The molecule has 1 unspecified atom stereocenters. The Morgan fingerprint density at radius 3 is 3.05 bits per heavy atom. The van der Waals surface area contributed by atoms with Crippen LogP contribution in [-0.4, -0.2) is 40.2 Å². The number of carbonyl (C=O) groups is 1. The molecule has 0 aromatic carbocycles. The quantitative estimate of drug-likeness (QED) is 0.900. The number of ether oxygens (including phenoxy) is 1. The van der Waals surface area contributed by atoms with Crippen LogP contribution in [-0.2, 0) is 11.3 Å². The highest BCUT2D eigenvalue weighted by atomic mass is 16.5. The molecule has 0 radical (unpaired) electrons. The molecule has 0 aliphatic carbocycles. The zero-order valence-corrected chi connectivity index (χ0v) is 11.4. The van der Waals surface area contributed by atoms with Gasteiger partial charge in [-0.05, 0) is 38.8 Å². The zero-order valence-electron chi connectivity index (χ0n) is 11.4. The van der Waals surface area contributed by atoms with E-state index >= 15 is 0 Å². The minimum atomic E-state index is -0.793. The van der Waals surface area contributed by atoms with Gasteiger partial charge in [0, 0.05) is 18.3 Å². The SMILES string of the molecule is COc1ncccc1CN1CCCCC1(C)C(=O)O. The van der Waals surface area contributed by atoms with E-state index in [1.54, 1.807) is 20.2 Å². The van der Waals surface area contributed by atoms with Crippen molar-refractivity contribution in [2.75, 3.05) is 13.7 Å². The molecule has 104 valence electrons. The summed E-state index contributed by atoms with van der Waals surface area (Å²) in [5.41, 5.74) is 0.137. The van der Waals surface area contributed by atoms with E-state index in [2.05, 4.69) is 4.98 Å². The fourth-order valence-corrected chi connectivity index (χ4v) is 2.61. The van der Waals surface area contributed by atoms with Gasteiger partial charge in [0.2, 0.25) is 5.88 Å². The van der Waals surface area contributed by atoms with Gasteiger partial charge in [-0.25, -0.2) is 4.98 Å². The number of likely N-dealkylation sites (tertiary alicyclic amines) is 1. The largest absolute Gasteiger partial charge is 0.481 e. The maximum absolute atomic E-state index is 11.5. The fraction of sp³-hybridized carbons (Fsp3) is 0.571. The number of pyridine rings is 1. The molecule has 19 heavy (non-hydrogen) atoms. The second kappa shape index (κ2) is 5.57. The van der Waals surface area contributed by atoms with Crippen molar-refractivity contribution >= 4 is 5.97 Å². The van der Waals surface area contributed by atoms with Crippen LogP contribution in [0.25, 0.3) is 0 Å². The van der Waals surface area contributed by atoms with Crippen molar-refractivity contribution in [1.82, 2.24) is 9.88 Å². The molecule has 1 saturated heterocycles. The smallest absolute Gasteiger partial charge is 0.323 e. The number of carboxylic acid groups (broad SMARTS) is 1. The van der Waals surface area contributed by atoms with Crippen LogP contribution in [0.15, 0.2) is 18.3 Å². The molecular weight excluding hydrogens is 244 g/mol. The van der Waals surface area contributed by atoms with E-state index in [0.717, 1.165) is 24.9 Å². The van der Waals surface area contributed by atoms with Crippen LogP contribution in [0.2, 0.25) is 0 Å². The first-order valence-corrected chi connectivity index (χ1v) is 6.54. The van der Waals surface area contributed by atoms with E-state index in [9.17, 15) is 9.90 Å². The topological polar surface area (TPSA) is 62.7 Å². The van der Waals surface area contributed by atoms with Crippen molar-refractivity contribution in [2.45, 2.75) is 38.3 Å². The number of hydrogen-bond acceptors (Lipinski definition) is 4. The highest BCUT2D eigenvalue weighted by molar-refractivity contribution is 5.78. The summed E-state index contributed by atoms with van der Waals surface area (Å²) in [5, 5.41) is 9.48. The standard InChI is InChI=1S/C14H20N2O3/c1-14(13(17)18)7-3-4-9-16(14)10-11-6-5-8-15-12(11)19-2/h5-6,8H,3-4,7,9-10H2,1-2H3,(H,17,18). The summed E-state index contributed by atoms with van der Waals surface area (Å²) in [7, 11) is 1.58. The van der Waals surface area contributed by atoms with Crippen LogP contribution >= 0.6 is 0 Å². The first-order valence-electron chi connectivity index (χ1n) is 6.54. The molecule has 0 spiro atoms. The van der Waals surface area contributed by atoms with Crippen LogP contribution in [0.1, 0.15) is 31.7 Å². The number of carboxylic acids is 1. The second-order valence-corrected chi connectivity index (χ2v) is 5.13. The molecule has 1 N–H and O–H groups in total. The van der Waals surface area contributed by atoms with Crippen molar-refractivity contribution in [3.05, 3.63) is 23.9 Å². The molecule has 1 aliphatic heterocycles. The van der Waals surface area contributed by atoms with Gasteiger partial charge in [-0.3, -0.25) is 9.69 Å². The van der Waals surface area contributed by atoms with Gasteiger partial charge in [-0.1, -0.05) is 6.07 Å². The van der Waals surface area contributed by atoms with E-state index in [-0.39, 0.29) is 0 Å². The normalized spacial score (nSPS) is 24.1. The third-order valence-electron chi connectivity index (χ3n) is 3.90. The summed E-state index contributed by atoms with van der Waals surface area (Å²) < 4.78 is 5.23. The lowest BCUT2D eigenvalue weighted by Crippen LogP contribution is -2.54. The minimum absolute atomic E-state index is 0.555. The van der Waals surface area contributed by atoms with Crippen LogP contribution in [0, 0.1) is 0 Å². The Morgan fingerprint density at radius 2 is 2.37 bits per heavy atom. The van der Waals surface area contributed by atoms with Crippen molar-refractivity contribution in [1.29, 1.82) is 0 Å². The zero-order chi connectivity index (χ0) is 13.9. The summed E-state index contributed by atoms with van der Waals surface area (Å²) in [5.74, 6) is -0.184. The number of hydrogen-bond donors (Lipinski definition) is 1. The van der Waals surface area contributed by atoms with Gasteiger partial charge < -0.3 is 9.84 Å². The molecule has 2 rings (SSSR count). The molecule has 1 aromatic rings. The summed E-state index contributed by atoms with van der Waals surface area (Å²) in [6, 6.07) is 3.78. The van der Waals surface area contributed by atoms with Crippen molar-refractivity contribution in [2.24, 2.45) is 0 Å². The third kappa shape index (κ3) is 2.71. The fourth-order valence-electron chi connectivity index (χ4n) is 2.61. The number of piperidine rings is 1. The number of nitrogens with zero attached hydrogens (tertiary/aromatic N) is 2. The van der Waals surface area contributed by atoms with Gasteiger partial charge >= 0.3 is 5.97 Å². The van der Waals surface area contributed by atoms with Crippen molar-refractivity contribution in [3.63, 3.8) is 0 Å². The molecule has 5 heteroatoms. The average molecular weight is 264 g/mol. The molecule has 0 bridgehead atoms. The Bertz CT molecular complexity index is 464. The highest BCUT2D eigenvalue weighted by Crippen LogP contribution is 2.31. The monoisotopic (exact) mass is 264 g/mol. The Labute approximate surface area is 113 Å². The third-order valence-corrected chi connectivity index (χ3v) is 3.90. The minimum Gasteiger partial charge on any atom is -0.481 e. The predicted molar refractivity (Wildman–Crippen MR) is 71.1 cm³/mol. The van der Waals surface area contributed by atoms with Gasteiger partial charge in [0.05, 0.1) is 7.11 Å². The number of rotatable bonds is 4. The molecule has 0 saturated carbocycles. The highest BCUT2D eigenvalue weighted by Gasteiger charge is 2.41. The molecule has 1 aliphatic rings. The lowest BCUT2D eigenvalue weighted by Gasteiger charge is -2.41. The Hall–Kier alpha value is -1.62. The summed E-state index contributed by atoms with van der Waals surface area (Å²) in [4.78, 5) is 17.7. The molecular formula is C14H20N2O3. The summed E-state index contributed by atoms with van der Waals surface area (Å²) in [6.07, 6.45) is 4.36. The van der Waals surface area contributed by atoms with Crippen LogP contribution < -0.4 is 4.74 Å². The first-order chi connectivity index (χ1) is 9.08. The van der Waals surface area contributed by atoms with E-state index in [1.165, 1.54) is 0 Å². The molecule has 0 amide bonds. The van der Waals surface area contributed by atoms with E-state index in [1.807, 2.05) is 17.0 Å². The van der Waals surface area contributed by atoms with E-state index in [4.69, 9.17) is 4.74 Å². The summed E-state index contributed by atoms with van der Waals surface area (Å²) >= 11 is 0. The number of aromatic nitrogens is 1. The first kappa shape index (κ1) is 13.8. The summed E-state index contributed by atoms with van der Waals surface area (Å²) in [6.45, 7) is 3.15. The van der Waals surface area contributed by atoms with Gasteiger partial charge in [0.1, 0.15) is 5.54 Å². The molecule has 1 fully saturated rings. The predicted octanol–water partition coefficient (Wildman–Crippen LogP) is 1.92. The van der Waals surface area contributed by atoms with E-state index < -0.39 is 11.5 Å². The molecule has 1 aromatic heterocycles. The van der Waals surface area contributed by atoms with Gasteiger partial charge in [-0.2, -0.15) is 0 Å². The molecule has 5 nitrogen and oxygen atoms in total. The van der Waals surface area contributed by atoms with E-state index in [0.29, 0.717) is 18.8 Å². The number of aliphatic carboxylic acids is 1. The molecule has 2 heterocycles.